The molecule has 2 heteroatoms. The maximum absolute atomic E-state index is 9.74. The van der Waals surface area contributed by atoms with E-state index in [4.69, 9.17) is 0 Å². The number of benzene rings is 1. The summed E-state index contributed by atoms with van der Waals surface area (Å²) in [6.45, 7) is 5.30. The van der Waals surface area contributed by atoms with Gasteiger partial charge in [0.15, 0.2) is 0 Å². The molecule has 0 saturated carbocycles. The van der Waals surface area contributed by atoms with Gasteiger partial charge < -0.3 is 10.4 Å². The van der Waals surface area contributed by atoms with Gasteiger partial charge in [0.1, 0.15) is 0 Å². The summed E-state index contributed by atoms with van der Waals surface area (Å²) in [7, 11) is 0. The predicted octanol–water partition coefficient (Wildman–Crippen LogP) is 1.94. The molecular formula is C12H19NO. The van der Waals surface area contributed by atoms with Crippen molar-refractivity contribution in [3.8, 4) is 0 Å². The number of hydrogen-bond acceptors (Lipinski definition) is 2. The lowest BCUT2D eigenvalue weighted by molar-refractivity contribution is 0.0555. The van der Waals surface area contributed by atoms with E-state index in [-0.39, 0.29) is 0 Å². The van der Waals surface area contributed by atoms with Crippen molar-refractivity contribution in [2.45, 2.75) is 32.4 Å². The van der Waals surface area contributed by atoms with Crippen LogP contribution in [-0.4, -0.2) is 17.3 Å². The van der Waals surface area contributed by atoms with Crippen LogP contribution in [0.15, 0.2) is 30.3 Å². The summed E-state index contributed by atoms with van der Waals surface area (Å²) in [5.41, 5.74) is 0.661. The smallest absolute Gasteiger partial charge is 0.0741 e. The summed E-state index contributed by atoms with van der Waals surface area (Å²) in [6.07, 6.45) is 0.773. The molecule has 0 aromatic heterocycles. The molecule has 14 heavy (non-hydrogen) atoms. The average molecular weight is 193 g/mol. The van der Waals surface area contributed by atoms with E-state index in [0.29, 0.717) is 6.54 Å². The van der Waals surface area contributed by atoms with Gasteiger partial charge in [0.2, 0.25) is 0 Å². The first-order valence-electron chi connectivity index (χ1n) is 5.11. The van der Waals surface area contributed by atoms with Gasteiger partial charge in [-0.25, -0.2) is 0 Å². The minimum absolute atomic E-state index is 0.589. The Bertz CT molecular complexity index is 256. The number of hydrogen-bond donors (Lipinski definition) is 2. The zero-order chi connectivity index (χ0) is 10.4. The van der Waals surface area contributed by atoms with Gasteiger partial charge in [-0.3, -0.25) is 0 Å². The molecule has 0 fully saturated rings. The van der Waals surface area contributed by atoms with Crippen LogP contribution in [-0.2, 0) is 6.54 Å². The van der Waals surface area contributed by atoms with E-state index < -0.39 is 5.60 Å². The van der Waals surface area contributed by atoms with E-state index in [1.165, 1.54) is 5.56 Å². The lowest BCUT2D eigenvalue weighted by Gasteiger charge is -2.21. The molecule has 0 spiro atoms. The average Bonchev–Trinajstić information content (AvgIpc) is 2.19. The fourth-order valence-corrected chi connectivity index (χ4v) is 1.20. The lowest BCUT2D eigenvalue weighted by atomic mass is 10.0. The normalized spacial score (nSPS) is 15.1. The molecule has 0 aliphatic rings. The summed E-state index contributed by atoms with van der Waals surface area (Å²) in [5, 5.41) is 13.0. The van der Waals surface area contributed by atoms with Crippen LogP contribution in [0.4, 0.5) is 0 Å². The topological polar surface area (TPSA) is 32.3 Å². The SMILES string of the molecule is CC[C@@](C)(O)CNCc1ccccc1. The molecule has 1 atom stereocenters. The largest absolute Gasteiger partial charge is 0.389 e. The predicted molar refractivity (Wildman–Crippen MR) is 59.1 cm³/mol. The molecular weight excluding hydrogens is 174 g/mol. The van der Waals surface area contributed by atoms with Crippen LogP contribution in [0.1, 0.15) is 25.8 Å². The second-order valence-corrected chi connectivity index (χ2v) is 3.94. The van der Waals surface area contributed by atoms with Crippen LogP contribution in [0.2, 0.25) is 0 Å². The van der Waals surface area contributed by atoms with Crippen molar-refractivity contribution >= 4 is 0 Å². The fraction of sp³-hybridized carbons (Fsp3) is 0.500. The van der Waals surface area contributed by atoms with Gasteiger partial charge in [-0.2, -0.15) is 0 Å². The first-order chi connectivity index (χ1) is 6.64. The highest BCUT2D eigenvalue weighted by Gasteiger charge is 2.15. The van der Waals surface area contributed by atoms with Gasteiger partial charge in [0.25, 0.3) is 0 Å². The Kier molecular flexibility index (Phi) is 4.11. The van der Waals surface area contributed by atoms with Crippen molar-refractivity contribution in [1.29, 1.82) is 0 Å². The third-order valence-corrected chi connectivity index (χ3v) is 2.44. The quantitative estimate of drug-likeness (QED) is 0.749. The van der Waals surface area contributed by atoms with Crippen molar-refractivity contribution in [2.24, 2.45) is 0 Å². The third kappa shape index (κ3) is 3.90. The summed E-state index contributed by atoms with van der Waals surface area (Å²) >= 11 is 0. The van der Waals surface area contributed by atoms with Gasteiger partial charge in [-0.05, 0) is 18.9 Å². The number of aliphatic hydroxyl groups is 1. The Morgan fingerprint density at radius 3 is 2.50 bits per heavy atom. The summed E-state index contributed by atoms with van der Waals surface area (Å²) in [5.74, 6) is 0. The van der Waals surface area contributed by atoms with Gasteiger partial charge in [-0.15, -0.1) is 0 Å². The van der Waals surface area contributed by atoms with E-state index in [9.17, 15) is 5.11 Å². The molecule has 0 radical (unpaired) electrons. The van der Waals surface area contributed by atoms with Gasteiger partial charge in [0.05, 0.1) is 5.60 Å². The Hall–Kier alpha value is -0.860. The molecule has 0 unspecified atom stereocenters. The van der Waals surface area contributed by atoms with Crippen LogP contribution in [0.5, 0.6) is 0 Å². The summed E-state index contributed by atoms with van der Waals surface area (Å²) in [6, 6.07) is 10.2. The minimum atomic E-state index is -0.589. The van der Waals surface area contributed by atoms with Gasteiger partial charge in [-0.1, -0.05) is 37.3 Å². The van der Waals surface area contributed by atoms with E-state index in [1.807, 2.05) is 32.0 Å². The molecule has 2 N–H and O–H groups in total. The monoisotopic (exact) mass is 193 g/mol. The molecule has 0 amide bonds. The van der Waals surface area contributed by atoms with Crippen LogP contribution in [0.3, 0.4) is 0 Å². The molecule has 0 bridgehead atoms. The maximum atomic E-state index is 9.74. The first-order valence-corrected chi connectivity index (χ1v) is 5.11. The Morgan fingerprint density at radius 2 is 1.93 bits per heavy atom. The van der Waals surface area contributed by atoms with Crippen molar-refractivity contribution in [2.75, 3.05) is 6.54 Å². The lowest BCUT2D eigenvalue weighted by Crippen LogP contribution is -2.36. The standard InChI is InChI=1S/C12H19NO/c1-3-12(2,14)10-13-9-11-7-5-4-6-8-11/h4-8,13-14H,3,9-10H2,1-2H3/t12-/m1/s1. The minimum Gasteiger partial charge on any atom is -0.389 e. The summed E-state index contributed by atoms with van der Waals surface area (Å²) < 4.78 is 0. The van der Waals surface area contributed by atoms with Crippen molar-refractivity contribution < 1.29 is 5.11 Å². The molecule has 1 aromatic rings. The highest BCUT2D eigenvalue weighted by Crippen LogP contribution is 2.06. The van der Waals surface area contributed by atoms with Crippen LogP contribution >= 0.6 is 0 Å². The molecule has 0 saturated heterocycles. The second-order valence-electron chi connectivity index (χ2n) is 3.94. The molecule has 0 aliphatic heterocycles. The molecule has 1 rings (SSSR count). The Balaban J connectivity index is 2.29. The van der Waals surface area contributed by atoms with Crippen molar-refractivity contribution in [1.82, 2.24) is 5.32 Å². The summed E-state index contributed by atoms with van der Waals surface area (Å²) in [4.78, 5) is 0. The Labute approximate surface area is 86.0 Å². The fourth-order valence-electron chi connectivity index (χ4n) is 1.20. The zero-order valence-electron chi connectivity index (χ0n) is 8.96. The maximum Gasteiger partial charge on any atom is 0.0741 e. The first kappa shape index (κ1) is 11.2. The van der Waals surface area contributed by atoms with Crippen LogP contribution in [0.25, 0.3) is 0 Å². The third-order valence-electron chi connectivity index (χ3n) is 2.44. The molecule has 2 nitrogen and oxygen atoms in total. The van der Waals surface area contributed by atoms with Crippen molar-refractivity contribution in [3.63, 3.8) is 0 Å². The highest BCUT2D eigenvalue weighted by molar-refractivity contribution is 5.14. The van der Waals surface area contributed by atoms with Crippen molar-refractivity contribution in [3.05, 3.63) is 35.9 Å². The van der Waals surface area contributed by atoms with Gasteiger partial charge in [0, 0.05) is 13.1 Å². The van der Waals surface area contributed by atoms with E-state index in [2.05, 4.69) is 17.4 Å². The van der Waals surface area contributed by atoms with E-state index >= 15 is 0 Å². The van der Waals surface area contributed by atoms with Crippen LogP contribution < -0.4 is 5.32 Å². The Morgan fingerprint density at radius 1 is 1.29 bits per heavy atom. The van der Waals surface area contributed by atoms with E-state index in [1.54, 1.807) is 0 Å². The molecule has 0 aliphatic carbocycles. The molecule has 0 heterocycles. The second kappa shape index (κ2) is 5.13. The highest BCUT2D eigenvalue weighted by atomic mass is 16.3. The molecule has 78 valence electrons. The molecule has 1 aromatic carbocycles. The van der Waals surface area contributed by atoms with Gasteiger partial charge >= 0.3 is 0 Å². The zero-order valence-corrected chi connectivity index (χ0v) is 8.96. The number of nitrogens with one attached hydrogen (secondary N) is 1. The van der Waals surface area contributed by atoms with E-state index in [0.717, 1.165) is 13.0 Å². The van der Waals surface area contributed by atoms with Crippen LogP contribution in [0, 0.1) is 0 Å². The number of rotatable bonds is 5.